The summed E-state index contributed by atoms with van der Waals surface area (Å²) in [5.74, 6) is -0.333. The van der Waals surface area contributed by atoms with Crippen LogP contribution in [0.4, 0.5) is 4.39 Å². The normalized spacial score (nSPS) is 11.9. The van der Waals surface area contributed by atoms with E-state index in [1.807, 2.05) is 31.2 Å². The van der Waals surface area contributed by atoms with E-state index in [2.05, 4.69) is 11.4 Å². The highest BCUT2D eigenvalue weighted by atomic mass is 35.5. The Kier molecular flexibility index (Phi) is 4.73. The Morgan fingerprint density at radius 3 is 2.60 bits per heavy atom. The minimum absolute atomic E-state index is 0.0853. The number of nitriles is 1. The van der Waals surface area contributed by atoms with Gasteiger partial charge in [-0.15, -0.1) is 0 Å². The smallest absolute Gasteiger partial charge is 0.123 e. The summed E-state index contributed by atoms with van der Waals surface area (Å²) in [5, 5.41) is 13.0. The van der Waals surface area contributed by atoms with E-state index >= 15 is 0 Å². The van der Waals surface area contributed by atoms with Gasteiger partial charge in [-0.05, 0) is 48.4 Å². The first-order valence-corrected chi connectivity index (χ1v) is 6.65. The molecule has 0 saturated heterocycles. The van der Waals surface area contributed by atoms with Crippen molar-refractivity contribution in [3.05, 3.63) is 70.0 Å². The molecule has 102 valence electrons. The highest BCUT2D eigenvalue weighted by Crippen LogP contribution is 2.17. The van der Waals surface area contributed by atoms with Gasteiger partial charge in [-0.2, -0.15) is 5.26 Å². The second kappa shape index (κ2) is 6.51. The van der Waals surface area contributed by atoms with Crippen LogP contribution in [0.3, 0.4) is 0 Å². The van der Waals surface area contributed by atoms with Crippen LogP contribution in [0.2, 0.25) is 5.02 Å². The molecule has 0 bridgehead atoms. The molecule has 4 heteroatoms. The van der Waals surface area contributed by atoms with Gasteiger partial charge in [-0.1, -0.05) is 23.7 Å². The standard InChI is InChI=1S/C16H14ClFN2/c1-11(12-2-5-15(17)6-3-12)20-10-14-8-16(18)7-4-13(14)9-19/h2-8,11,20H,10H2,1H3. The van der Waals surface area contributed by atoms with Crippen LogP contribution >= 0.6 is 11.6 Å². The average Bonchev–Trinajstić information content (AvgIpc) is 2.45. The lowest BCUT2D eigenvalue weighted by atomic mass is 10.1. The van der Waals surface area contributed by atoms with E-state index in [0.717, 1.165) is 5.56 Å². The van der Waals surface area contributed by atoms with E-state index in [0.29, 0.717) is 22.7 Å². The lowest BCUT2D eigenvalue weighted by molar-refractivity contribution is 0.568. The number of nitrogens with one attached hydrogen (secondary N) is 1. The molecule has 0 heterocycles. The minimum atomic E-state index is -0.333. The quantitative estimate of drug-likeness (QED) is 0.915. The molecule has 1 unspecified atom stereocenters. The van der Waals surface area contributed by atoms with Crippen LogP contribution in [0.1, 0.15) is 29.7 Å². The Balaban J connectivity index is 2.07. The van der Waals surface area contributed by atoms with Gasteiger partial charge in [-0.3, -0.25) is 0 Å². The van der Waals surface area contributed by atoms with Crippen molar-refractivity contribution in [3.8, 4) is 6.07 Å². The summed E-state index contributed by atoms with van der Waals surface area (Å²) in [5.41, 5.74) is 2.24. The molecule has 2 nitrogen and oxygen atoms in total. The maximum absolute atomic E-state index is 13.2. The molecule has 2 rings (SSSR count). The summed E-state index contributed by atoms with van der Waals surface area (Å²) in [6.07, 6.45) is 0. The fourth-order valence-corrected chi connectivity index (χ4v) is 2.08. The Bertz CT molecular complexity index is 632. The zero-order valence-electron chi connectivity index (χ0n) is 11.0. The van der Waals surface area contributed by atoms with Crippen molar-refractivity contribution in [3.63, 3.8) is 0 Å². The maximum atomic E-state index is 13.2. The van der Waals surface area contributed by atoms with E-state index in [9.17, 15) is 4.39 Å². The van der Waals surface area contributed by atoms with Gasteiger partial charge >= 0.3 is 0 Å². The Morgan fingerprint density at radius 1 is 1.25 bits per heavy atom. The van der Waals surface area contributed by atoms with Crippen LogP contribution < -0.4 is 5.32 Å². The molecule has 0 radical (unpaired) electrons. The lowest BCUT2D eigenvalue weighted by Gasteiger charge is -2.15. The molecule has 0 aliphatic carbocycles. The number of hydrogen-bond donors (Lipinski definition) is 1. The zero-order chi connectivity index (χ0) is 14.5. The number of benzene rings is 2. The first kappa shape index (κ1) is 14.5. The SMILES string of the molecule is CC(NCc1cc(F)ccc1C#N)c1ccc(Cl)cc1. The molecule has 2 aromatic carbocycles. The van der Waals surface area contributed by atoms with Crippen LogP contribution in [0.5, 0.6) is 0 Å². The van der Waals surface area contributed by atoms with Crippen LogP contribution in [-0.4, -0.2) is 0 Å². The van der Waals surface area contributed by atoms with Crippen molar-refractivity contribution in [2.24, 2.45) is 0 Å². The fraction of sp³-hybridized carbons (Fsp3) is 0.188. The van der Waals surface area contributed by atoms with Crippen molar-refractivity contribution in [1.29, 1.82) is 5.26 Å². The summed E-state index contributed by atoms with van der Waals surface area (Å²) in [6, 6.07) is 13.9. The minimum Gasteiger partial charge on any atom is -0.306 e. The van der Waals surface area contributed by atoms with Crippen molar-refractivity contribution in [1.82, 2.24) is 5.32 Å². The topological polar surface area (TPSA) is 35.8 Å². The molecular formula is C16H14ClFN2. The maximum Gasteiger partial charge on any atom is 0.123 e. The first-order valence-electron chi connectivity index (χ1n) is 6.27. The van der Waals surface area contributed by atoms with E-state index < -0.39 is 0 Å². The third kappa shape index (κ3) is 3.57. The summed E-state index contributed by atoms with van der Waals surface area (Å²) in [6.45, 7) is 2.44. The van der Waals surface area contributed by atoms with E-state index in [1.54, 1.807) is 0 Å². The molecule has 0 aliphatic rings. The molecule has 2 aromatic rings. The third-order valence-corrected chi connectivity index (χ3v) is 3.41. The van der Waals surface area contributed by atoms with Crippen molar-refractivity contribution >= 4 is 11.6 Å². The van der Waals surface area contributed by atoms with Crippen LogP contribution in [0, 0.1) is 17.1 Å². The lowest BCUT2D eigenvalue weighted by Crippen LogP contribution is -2.18. The first-order chi connectivity index (χ1) is 9.60. The van der Waals surface area contributed by atoms with Gasteiger partial charge in [-0.25, -0.2) is 4.39 Å². The molecule has 20 heavy (non-hydrogen) atoms. The average molecular weight is 289 g/mol. The molecule has 1 N–H and O–H groups in total. The summed E-state index contributed by atoms with van der Waals surface area (Å²) in [7, 11) is 0. The number of rotatable bonds is 4. The van der Waals surface area contributed by atoms with Crippen molar-refractivity contribution in [2.45, 2.75) is 19.5 Å². The predicted molar refractivity (Wildman–Crippen MR) is 77.8 cm³/mol. The van der Waals surface area contributed by atoms with Gasteiger partial charge in [0.05, 0.1) is 11.6 Å². The van der Waals surface area contributed by atoms with Crippen LogP contribution in [-0.2, 0) is 6.54 Å². The molecule has 0 spiro atoms. The molecule has 0 amide bonds. The fourth-order valence-electron chi connectivity index (χ4n) is 1.95. The summed E-state index contributed by atoms with van der Waals surface area (Å²) >= 11 is 5.85. The number of hydrogen-bond acceptors (Lipinski definition) is 2. The van der Waals surface area contributed by atoms with Crippen LogP contribution in [0.25, 0.3) is 0 Å². The van der Waals surface area contributed by atoms with Gasteiger partial charge in [0.25, 0.3) is 0 Å². The largest absolute Gasteiger partial charge is 0.306 e. The third-order valence-electron chi connectivity index (χ3n) is 3.16. The Hall–Kier alpha value is -1.89. The van der Waals surface area contributed by atoms with Gasteiger partial charge in [0.15, 0.2) is 0 Å². The number of nitrogens with zero attached hydrogens (tertiary/aromatic N) is 1. The molecule has 0 aliphatic heterocycles. The van der Waals surface area contributed by atoms with Gasteiger partial charge in [0.1, 0.15) is 5.82 Å². The molecule has 0 saturated carbocycles. The van der Waals surface area contributed by atoms with Crippen LogP contribution in [0.15, 0.2) is 42.5 Å². The molecule has 1 atom stereocenters. The highest BCUT2D eigenvalue weighted by molar-refractivity contribution is 6.30. The second-order valence-corrected chi connectivity index (χ2v) is 5.00. The van der Waals surface area contributed by atoms with Gasteiger partial charge < -0.3 is 5.32 Å². The Labute approximate surface area is 122 Å². The van der Waals surface area contributed by atoms with E-state index in [-0.39, 0.29) is 11.9 Å². The zero-order valence-corrected chi connectivity index (χ0v) is 11.8. The monoisotopic (exact) mass is 288 g/mol. The number of halogens is 2. The molecule has 0 fully saturated rings. The van der Waals surface area contributed by atoms with Crippen molar-refractivity contribution in [2.75, 3.05) is 0 Å². The van der Waals surface area contributed by atoms with Gasteiger partial charge in [0, 0.05) is 17.6 Å². The van der Waals surface area contributed by atoms with Crippen molar-refractivity contribution < 1.29 is 4.39 Å². The van der Waals surface area contributed by atoms with Gasteiger partial charge in [0.2, 0.25) is 0 Å². The predicted octanol–water partition coefficient (Wildman–Crippen LogP) is 4.20. The van der Waals surface area contributed by atoms with E-state index in [4.69, 9.17) is 16.9 Å². The summed E-state index contributed by atoms with van der Waals surface area (Å²) < 4.78 is 13.2. The Morgan fingerprint density at radius 2 is 1.95 bits per heavy atom. The van der Waals surface area contributed by atoms with E-state index in [1.165, 1.54) is 18.2 Å². The second-order valence-electron chi connectivity index (χ2n) is 4.57. The molecular weight excluding hydrogens is 275 g/mol. The summed E-state index contributed by atoms with van der Waals surface area (Å²) in [4.78, 5) is 0. The highest BCUT2D eigenvalue weighted by Gasteiger charge is 2.08. The molecule has 0 aromatic heterocycles.